The Labute approximate surface area is 179 Å². The van der Waals surface area contributed by atoms with Crippen LogP contribution in [0.2, 0.25) is 0 Å². The van der Waals surface area contributed by atoms with Crippen LogP contribution in [0.1, 0.15) is 5.56 Å². The second-order valence-electron chi connectivity index (χ2n) is 6.74. The third kappa shape index (κ3) is 4.07. The number of H-pyrrole nitrogens is 1. The van der Waals surface area contributed by atoms with Crippen LogP contribution in [0.3, 0.4) is 0 Å². The summed E-state index contributed by atoms with van der Waals surface area (Å²) in [6.07, 6.45) is -2.99. The molecule has 0 radical (unpaired) electrons. The largest absolute Gasteiger partial charge is 0.493 e. The summed E-state index contributed by atoms with van der Waals surface area (Å²) in [7, 11) is 3.03. The highest BCUT2D eigenvalue weighted by atomic mass is 19.4. The lowest BCUT2D eigenvalue weighted by Gasteiger charge is -2.12. The first kappa shape index (κ1) is 21.2. The molecule has 2 aromatic heterocycles. The van der Waals surface area contributed by atoms with E-state index in [0.29, 0.717) is 22.6 Å². The van der Waals surface area contributed by atoms with Crippen LogP contribution in [-0.2, 0) is 6.18 Å². The zero-order chi connectivity index (χ0) is 22.9. The maximum absolute atomic E-state index is 13.0. The number of hydrogen-bond acceptors (Lipinski definition) is 6. The number of aromatic amines is 1. The highest BCUT2D eigenvalue weighted by Crippen LogP contribution is 2.34. The normalized spacial score (nSPS) is 11.4. The fourth-order valence-electron chi connectivity index (χ4n) is 3.28. The van der Waals surface area contributed by atoms with E-state index in [9.17, 15) is 18.0 Å². The lowest BCUT2D eigenvalue weighted by Crippen LogP contribution is -2.13. The average Bonchev–Trinajstić information content (AvgIpc) is 2.77. The Morgan fingerprint density at radius 1 is 1.00 bits per heavy atom. The third-order valence-corrected chi connectivity index (χ3v) is 4.75. The van der Waals surface area contributed by atoms with Crippen molar-refractivity contribution in [3.63, 3.8) is 0 Å². The molecular weight excluding hydrogens is 425 g/mol. The maximum Gasteiger partial charge on any atom is 0.416 e. The molecule has 2 heterocycles. The van der Waals surface area contributed by atoms with E-state index in [2.05, 4.69) is 20.3 Å². The van der Waals surface area contributed by atoms with Gasteiger partial charge in [-0.1, -0.05) is 12.1 Å². The molecule has 0 aliphatic rings. The van der Waals surface area contributed by atoms with Crippen LogP contribution < -0.4 is 20.3 Å². The van der Waals surface area contributed by atoms with Crippen molar-refractivity contribution in [3.05, 3.63) is 70.6 Å². The Hall–Kier alpha value is -4.08. The van der Waals surface area contributed by atoms with Gasteiger partial charge in [0, 0.05) is 11.9 Å². The summed E-state index contributed by atoms with van der Waals surface area (Å²) in [5.41, 5.74) is 0.187. The second-order valence-corrected chi connectivity index (χ2v) is 6.74. The number of methoxy groups -OCH3 is 2. The molecular formula is C22H17F3N4O3. The quantitative estimate of drug-likeness (QED) is 0.463. The molecule has 4 rings (SSSR count). The Balaban J connectivity index is 1.76. The van der Waals surface area contributed by atoms with Gasteiger partial charge in [-0.2, -0.15) is 18.2 Å². The van der Waals surface area contributed by atoms with Gasteiger partial charge in [-0.3, -0.25) is 9.78 Å². The number of hydrogen-bond donors (Lipinski definition) is 2. The van der Waals surface area contributed by atoms with E-state index in [1.807, 2.05) is 0 Å². The molecule has 0 amide bonds. The van der Waals surface area contributed by atoms with E-state index in [-0.39, 0.29) is 22.7 Å². The van der Waals surface area contributed by atoms with Crippen molar-refractivity contribution in [1.82, 2.24) is 15.0 Å². The van der Waals surface area contributed by atoms with Crippen molar-refractivity contribution in [1.29, 1.82) is 0 Å². The van der Waals surface area contributed by atoms with Crippen molar-refractivity contribution < 1.29 is 22.6 Å². The number of halogens is 3. The number of nitrogens with zero attached hydrogens (tertiary/aromatic N) is 2. The molecule has 0 unspecified atom stereocenters. The fraction of sp³-hybridized carbons (Fsp3) is 0.136. The summed E-state index contributed by atoms with van der Waals surface area (Å²) in [6, 6.07) is 11.5. The summed E-state index contributed by atoms with van der Waals surface area (Å²) in [4.78, 5) is 23.9. The lowest BCUT2D eigenvalue weighted by atomic mass is 10.0. The van der Waals surface area contributed by atoms with Gasteiger partial charge in [-0.25, -0.2) is 4.98 Å². The maximum atomic E-state index is 13.0. The van der Waals surface area contributed by atoms with Crippen LogP contribution >= 0.6 is 0 Å². The van der Waals surface area contributed by atoms with Crippen LogP contribution in [0, 0.1) is 0 Å². The SMILES string of the molecule is COc1ccc(-c2ccnc3nc(Nc4cccc(C(F)(F)F)c4)[nH]c(=O)c23)cc1OC. The molecule has 0 aliphatic heterocycles. The van der Waals surface area contributed by atoms with Gasteiger partial charge < -0.3 is 14.8 Å². The van der Waals surface area contributed by atoms with Crippen molar-refractivity contribution >= 4 is 22.7 Å². The first-order valence-electron chi connectivity index (χ1n) is 9.36. The molecule has 32 heavy (non-hydrogen) atoms. The van der Waals surface area contributed by atoms with E-state index in [4.69, 9.17) is 9.47 Å². The molecule has 2 N–H and O–H groups in total. The molecule has 7 nitrogen and oxygen atoms in total. The van der Waals surface area contributed by atoms with E-state index < -0.39 is 17.3 Å². The summed E-state index contributed by atoms with van der Waals surface area (Å²) >= 11 is 0. The van der Waals surface area contributed by atoms with Gasteiger partial charge in [0.15, 0.2) is 17.1 Å². The smallest absolute Gasteiger partial charge is 0.416 e. The zero-order valence-electron chi connectivity index (χ0n) is 16.9. The average molecular weight is 442 g/mol. The fourth-order valence-corrected chi connectivity index (χ4v) is 3.28. The molecule has 4 aromatic rings. The lowest BCUT2D eigenvalue weighted by molar-refractivity contribution is -0.137. The van der Waals surface area contributed by atoms with Gasteiger partial charge in [0.2, 0.25) is 5.95 Å². The molecule has 2 aromatic carbocycles. The minimum Gasteiger partial charge on any atom is -0.493 e. The van der Waals surface area contributed by atoms with Crippen LogP contribution in [0.25, 0.3) is 22.2 Å². The van der Waals surface area contributed by atoms with E-state index in [0.717, 1.165) is 12.1 Å². The number of aromatic nitrogens is 3. The number of benzene rings is 2. The number of anilines is 2. The zero-order valence-corrected chi connectivity index (χ0v) is 16.9. The topological polar surface area (TPSA) is 89.1 Å². The highest BCUT2D eigenvalue weighted by molar-refractivity contribution is 5.92. The van der Waals surface area contributed by atoms with Gasteiger partial charge in [0.1, 0.15) is 0 Å². The molecule has 0 atom stereocenters. The molecule has 0 saturated carbocycles. The van der Waals surface area contributed by atoms with Gasteiger partial charge >= 0.3 is 6.18 Å². The van der Waals surface area contributed by atoms with Crippen molar-refractivity contribution in [2.45, 2.75) is 6.18 Å². The first-order chi connectivity index (χ1) is 15.3. The van der Waals surface area contributed by atoms with Crippen LogP contribution in [0.15, 0.2) is 59.5 Å². The van der Waals surface area contributed by atoms with E-state index >= 15 is 0 Å². The number of alkyl halides is 3. The van der Waals surface area contributed by atoms with Gasteiger partial charge in [0.05, 0.1) is 25.2 Å². The van der Waals surface area contributed by atoms with Gasteiger partial charge in [0.25, 0.3) is 5.56 Å². The number of rotatable bonds is 5. The molecule has 0 aliphatic carbocycles. The minimum absolute atomic E-state index is 0.0289. The monoisotopic (exact) mass is 442 g/mol. The van der Waals surface area contributed by atoms with Crippen molar-refractivity contribution in [2.75, 3.05) is 19.5 Å². The van der Waals surface area contributed by atoms with Crippen molar-refractivity contribution in [2.24, 2.45) is 0 Å². The Bertz CT molecular complexity index is 1350. The van der Waals surface area contributed by atoms with Crippen molar-refractivity contribution in [3.8, 4) is 22.6 Å². The Kier molecular flexibility index (Phi) is 5.43. The number of nitrogens with one attached hydrogen (secondary N) is 2. The molecule has 0 bridgehead atoms. The second kappa shape index (κ2) is 8.22. The standard InChI is InChI=1S/C22H17F3N4O3/c1-31-16-7-6-12(10-17(16)32-2)15-8-9-26-19-18(15)20(30)29-21(28-19)27-14-5-3-4-13(11-14)22(23,24)25/h3-11H,1-2H3,(H2,26,27,28,29,30). The molecule has 0 spiro atoms. The number of ether oxygens (including phenoxy) is 2. The summed E-state index contributed by atoms with van der Waals surface area (Å²) in [6.45, 7) is 0. The van der Waals surface area contributed by atoms with Crippen LogP contribution in [0.4, 0.5) is 24.8 Å². The summed E-state index contributed by atoms with van der Waals surface area (Å²) in [5.74, 6) is 0.996. The number of fused-ring (bicyclic) bond motifs is 1. The van der Waals surface area contributed by atoms with Crippen LogP contribution in [0.5, 0.6) is 11.5 Å². The van der Waals surface area contributed by atoms with E-state index in [1.165, 1.54) is 32.5 Å². The van der Waals surface area contributed by atoms with Gasteiger partial charge in [-0.05, 0) is 47.5 Å². The minimum atomic E-state index is -4.49. The predicted octanol–water partition coefficient (Wildman–Crippen LogP) is 4.76. The third-order valence-electron chi connectivity index (χ3n) is 4.75. The summed E-state index contributed by atoms with van der Waals surface area (Å²) < 4.78 is 49.4. The molecule has 164 valence electrons. The molecule has 0 fully saturated rings. The number of pyridine rings is 1. The Morgan fingerprint density at radius 2 is 1.78 bits per heavy atom. The molecule has 10 heteroatoms. The highest BCUT2D eigenvalue weighted by Gasteiger charge is 2.30. The Morgan fingerprint density at radius 3 is 2.50 bits per heavy atom. The first-order valence-corrected chi connectivity index (χ1v) is 9.36. The predicted molar refractivity (Wildman–Crippen MR) is 113 cm³/mol. The van der Waals surface area contributed by atoms with Gasteiger partial charge in [-0.15, -0.1) is 0 Å². The summed E-state index contributed by atoms with van der Waals surface area (Å²) in [5, 5.41) is 2.93. The molecule has 0 saturated heterocycles. The van der Waals surface area contributed by atoms with Crippen LogP contribution in [-0.4, -0.2) is 29.2 Å². The van der Waals surface area contributed by atoms with E-state index in [1.54, 1.807) is 24.3 Å².